The highest BCUT2D eigenvalue weighted by molar-refractivity contribution is 5.90. The van der Waals surface area contributed by atoms with Gasteiger partial charge in [-0.2, -0.15) is 0 Å². The molecule has 126 valence electrons. The van der Waals surface area contributed by atoms with Crippen LogP contribution in [0.3, 0.4) is 0 Å². The van der Waals surface area contributed by atoms with Crippen LogP contribution in [0.1, 0.15) is 53.8 Å². The van der Waals surface area contributed by atoms with E-state index in [1.165, 1.54) is 19.3 Å². The molecular weight excluding hydrogens is 304 g/mol. The molecule has 1 aromatic heterocycles. The van der Waals surface area contributed by atoms with Crippen molar-refractivity contribution >= 4 is 5.97 Å². The lowest BCUT2D eigenvalue weighted by Crippen LogP contribution is -2.19. The summed E-state index contributed by atoms with van der Waals surface area (Å²) in [5.41, 5.74) is 1.99. The number of rotatable bonds is 4. The van der Waals surface area contributed by atoms with E-state index >= 15 is 0 Å². The third-order valence-corrected chi connectivity index (χ3v) is 4.45. The van der Waals surface area contributed by atoms with E-state index in [1.807, 2.05) is 24.3 Å². The highest BCUT2D eigenvalue weighted by Gasteiger charge is 2.17. The molecule has 1 fully saturated rings. The largest absolute Gasteiger partial charge is 0.490 e. The summed E-state index contributed by atoms with van der Waals surface area (Å²) >= 11 is 0. The van der Waals surface area contributed by atoms with Crippen LogP contribution in [-0.2, 0) is 0 Å². The summed E-state index contributed by atoms with van der Waals surface area (Å²) in [6.07, 6.45) is 6.36. The lowest BCUT2D eigenvalue weighted by molar-refractivity contribution is 0.0694. The summed E-state index contributed by atoms with van der Waals surface area (Å²) < 4.78 is 6.03. The third kappa shape index (κ3) is 3.55. The molecule has 24 heavy (non-hydrogen) atoms. The van der Waals surface area contributed by atoms with Crippen LogP contribution in [0.15, 0.2) is 24.3 Å². The molecule has 3 rings (SSSR count). The van der Waals surface area contributed by atoms with Crippen molar-refractivity contribution < 1.29 is 14.6 Å². The number of hydrogen-bond donors (Lipinski definition) is 1. The molecule has 0 spiro atoms. The molecule has 1 saturated carbocycles. The monoisotopic (exact) mass is 326 g/mol. The lowest BCUT2D eigenvalue weighted by atomic mass is 9.98. The lowest BCUT2D eigenvalue weighted by Gasteiger charge is -2.23. The summed E-state index contributed by atoms with van der Waals surface area (Å²) in [5.74, 6) is 0.410. The van der Waals surface area contributed by atoms with Gasteiger partial charge in [0.2, 0.25) is 0 Å². The van der Waals surface area contributed by atoms with E-state index in [2.05, 4.69) is 9.97 Å². The van der Waals surface area contributed by atoms with Gasteiger partial charge in [0.15, 0.2) is 5.82 Å². The second-order valence-electron chi connectivity index (χ2n) is 6.30. The first-order valence-corrected chi connectivity index (χ1v) is 8.40. The fraction of sp³-hybridized carbons (Fsp3) is 0.421. The van der Waals surface area contributed by atoms with Crippen molar-refractivity contribution in [2.45, 2.75) is 52.1 Å². The van der Waals surface area contributed by atoms with Gasteiger partial charge < -0.3 is 9.84 Å². The van der Waals surface area contributed by atoms with E-state index in [9.17, 15) is 9.90 Å². The molecule has 1 N–H and O–H groups in total. The molecule has 0 bridgehead atoms. The van der Waals surface area contributed by atoms with E-state index in [0.29, 0.717) is 23.3 Å². The van der Waals surface area contributed by atoms with Gasteiger partial charge >= 0.3 is 5.97 Å². The second-order valence-corrected chi connectivity index (χ2v) is 6.30. The van der Waals surface area contributed by atoms with Crippen LogP contribution >= 0.6 is 0 Å². The predicted molar refractivity (Wildman–Crippen MR) is 91.4 cm³/mol. The molecule has 1 aliphatic rings. The van der Waals surface area contributed by atoms with Gasteiger partial charge in [-0.1, -0.05) is 6.42 Å². The number of aromatic carboxylic acids is 1. The number of carbonyl (C=O) groups is 1. The molecule has 5 nitrogen and oxygen atoms in total. The average Bonchev–Trinajstić information content (AvgIpc) is 2.55. The number of carboxylic acids is 1. The molecule has 0 unspecified atom stereocenters. The molecule has 5 heteroatoms. The predicted octanol–water partition coefficient (Wildman–Crippen LogP) is 4.17. The molecule has 1 aromatic carbocycles. The Labute approximate surface area is 141 Å². The van der Waals surface area contributed by atoms with E-state index in [0.717, 1.165) is 24.2 Å². The summed E-state index contributed by atoms with van der Waals surface area (Å²) in [4.78, 5) is 19.9. The summed E-state index contributed by atoms with van der Waals surface area (Å²) in [6.45, 7) is 3.39. The maximum Gasteiger partial charge on any atom is 0.339 e. The van der Waals surface area contributed by atoms with Crippen molar-refractivity contribution in [1.29, 1.82) is 0 Å². The Morgan fingerprint density at radius 2 is 1.62 bits per heavy atom. The molecule has 0 saturated heterocycles. The average molecular weight is 326 g/mol. The third-order valence-electron chi connectivity index (χ3n) is 4.45. The first kappa shape index (κ1) is 16.4. The minimum atomic E-state index is -0.993. The van der Waals surface area contributed by atoms with Crippen molar-refractivity contribution in [3.63, 3.8) is 0 Å². The standard InChI is InChI=1S/C19H22N2O3/c1-12-17(19(22)23)13(2)21-18(20-12)14-8-10-16(11-9-14)24-15-6-4-3-5-7-15/h8-11,15H,3-7H2,1-2H3,(H,22,23). The van der Waals surface area contributed by atoms with Crippen molar-refractivity contribution in [3.8, 4) is 17.1 Å². The SMILES string of the molecule is Cc1nc(-c2ccc(OC3CCCCC3)cc2)nc(C)c1C(=O)O. The van der Waals surface area contributed by atoms with E-state index in [-0.39, 0.29) is 5.56 Å². The summed E-state index contributed by atoms with van der Waals surface area (Å²) in [5, 5.41) is 9.20. The summed E-state index contributed by atoms with van der Waals surface area (Å²) in [6, 6.07) is 7.71. The second kappa shape index (κ2) is 6.99. The quantitative estimate of drug-likeness (QED) is 0.913. The number of aromatic nitrogens is 2. The highest BCUT2D eigenvalue weighted by atomic mass is 16.5. The summed E-state index contributed by atoms with van der Waals surface area (Å²) in [7, 11) is 0. The van der Waals surface area contributed by atoms with Crippen LogP contribution in [0.4, 0.5) is 0 Å². The Kier molecular flexibility index (Phi) is 4.79. The fourth-order valence-electron chi connectivity index (χ4n) is 3.21. The first-order valence-electron chi connectivity index (χ1n) is 8.40. The maximum absolute atomic E-state index is 11.2. The number of hydrogen-bond acceptors (Lipinski definition) is 4. The smallest absolute Gasteiger partial charge is 0.339 e. The Morgan fingerprint density at radius 1 is 1.04 bits per heavy atom. The van der Waals surface area contributed by atoms with Gasteiger partial charge in [0, 0.05) is 5.56 Å². The van der Waals surface area contributed by atoms with Crippen molar-refractivity contribution in [1.82, 2.24) is 9.97 Å². The van der Waals surface area contributed by atoms with Gasteiger partial charge in [-0.05, 0) is 63.8 Å². The number of benzene rings is 1. The Bertz CT molecular complexity index is 712. The van der Waals surface area contributed by atoms with Crippen LogP contribution in [0, 0.1) is 13.8 Å². The number of nitrogens with zero attached hydrogens (tertiary/aromatic N) is 2. The van der Waals surface area contributed by atoms with Crippen molar-refractivity contribution in [2.24, 2.45) is 0 Å². The Balaban J connectivity index is 1.79. The number of carboxylic acid groups (broad SMARTS) is 1. The molecule has 1 heterocycles. The van der Waals surface area contributed by atoms with Gasteiger partial charge in [0.1, 0.15) is 11.3 Å². The molecule has 0 amide bonds. The van der Waals surface area contributed by atoms with Gasteiger partial charge in [-0.15, -0.1) is 0 Å². The maximum atomic E-state index is 11.2. The van der Waals surface area contributed by atoms with Gasteiger partial charge in [-0.25, -0.2) is 14.8 Å². The normalized spacial score (nSPS) is 15.2. The zero-order valence-electron chi connectivity index (χ0n) is 14.1. The van der Waals surface area contributed by atoms with E-state index < -0.39 is 5.97 Å². The van der Waals surface area contributed by atoms with Gasteiger partial charge in [0.25, 0.3) is 0 Å². The number of ether oxygens (including phenoxy) is 1. The highest BCUT2D eigenvalue weighted by Crippen LogP contribution is 2.26. The van der Waals surface area contributed by atoms with Gasteiger partial charge in [-0.3, -0.25) is 0 Å². The van der Waals surface area contributed by atoms with E-state index in [4.69, 9.17) is 4.74 Å². The molecule has 0 atom stereocenters. The Hall–Kier alpha value is -2.43. The van der Waals surface area contributed by atoms with Crippen molar-refractivity contribution in [3.05, 3.63) is 41.2 Å². The molecule has 0 radical (unpaired) electrons. The zero-order chi connectivity index (χ0) is 17.1. The molecule has 2 aromatic rings. The Morgan fingerprint density at radius 3 is 2.17 bits per heavy atom. The van der Waals surface area contributed by atoms with Crippen LogP contribution < -0.4 is 4.74 Å². The van der Waals surface area contributed by atoms with Crippen LogP contribution in [-0.4, -0.2) is 27.1 Å². The van der Waals surface area contributed by atoms with E-state index in [1.54, 1.807) is 13.8 Å². The van der Waals surface area contributed by atoms with Crippen molar-refractivity contribution in [2.75, 3.05) is 0 Å². The minimum Gasteiger partial charge on any atom is -0.490 e. The number of aryl methyl sites for hydroxylation is 2. The first-order chi connectivity index (χ1) is 11.5. The molecule has 1 aliphatic carbocycles. The van der Waals surface area contributed by atoms with Crippen LogP contribution in [0.2, 0.25) is 0 Å². The van der Waals surface area contributed by atoms with Crippen LogP contribution in [0.5, 0.6) is 5.75 Å². The molecule has 0 aliphatic heterocycles. The fourth-order valence-corrected chi connectivity index (χ4v) is 3.21. The van der Waals surface area contributed by atoms with Gasteiger partial charge in [0.05, 0.1) is 17.5 Å². The molecular formula is C19H22N2O3. The zero-order valence-corrected chi connectivity index (χ0v) is 14.1. The topological polar surface area (TPSA) is 72.3 Å². The van der Waals surface area contributed by atoms with Crippen LogP contribution in [0.25, 0.3) is 11.4 Å². The minimum absolute atomic E-state index is 0.177.